The predicted molar refractivity (Wildman–Crippen MR) is 112 cm³/mol. The Balaban J connectivity index is 1.47. The Morgan fingerprint density at radius 3 is 2.64 bits per heavy atom. The Labute approximate surface area is 189 Å². The normalized spacial score (nSPS) is 23.8. The third-order valence-electron chi connectivity index (χ3n) is 4.67. The van der Waals surface area contributed by atoms with E-state index in [9.17, 15) is 24.1 Å². The monoisotopic (exact) mass is 509 g/mol. The fourth-order valence-electron chi connectivity index (χ4n) is 3.04. The lowest BCUT2D eigenvalue weighted by Gasteiger charge is -2.16. The third-order valence-corrected chi connectivity index (χ3v) is 6.05. The van der Waals surface area contributed by atoms with Crippen molar-refractivity contribution in [2.75, 3.05) is 25.7 Å². The molecule has 1 fully saturated rings. The maximum atomic E-state index is 11.9. The van der Waals surface area contributed by atoms with Crippen molar-refractivity contribution in [3.63, 3.8) is 0 Å². The van der Waals surface area contributed by atoms with Crippen molar-refractivity contribution in [2.24, 2.45) is 0 Å². The molecule has 3 rings (SSSR count). The van der Waals surface area contributed by atoms with Crippen LogP contribution in [0.1, 0.15) is 32.4 Å². The summed E-state index contributed by atoms with van der Waals surface area (Å²) in [7, 11) is -5.11. The fraction of sp³-hybridized carbons (Fsp3) is 0.688. The molecule has 0 bridgehead atoms. The molecule has 5 N–H and O–H groups in total. The van der Waals surface area contributed by atoms with Gasteiger partial charge in [-0.15, -0.1) is 9.05 Å². The molecule has 0 radical (unpaired) electrons. The first-order valence-corrected chi connectivity index (χ1v) is 12.2. The first-order chi connectivity index (χ1) is 15.8. The molecular formula is C16H25N5O10P2+2. The van der Waals surface area contributed by atoms with Crippen LogP contribution < -0.4 is 11.3 Å². The molecule has 1 aliphatic rings. The minimum Gasteiger partial charge on any atom is -0.387 e. The van der Waals surface area contributed by atoms with Gasteiger partial charge in [-0.25, -0.2) is 4.98 Å². The van der Waals surface area contributed by atoms with E-state index in [1.807, 2.05) is 6.92 Å². The number of aliphatic hydroxyl groups is 2. The van der Waals surface area contributed by atoms with Gasteiger partial charge >= 0.3 is 16.5 Å². The standard InChI is InChI=1S/C16H24N5O10P2/c1-2-3-4-5-27-32(25)29-8-30-33(26)28-6-9-11(22)12(23)15(31-9)21-7-18-10-13(21)19-16(17)20-14(10)24/h7,9,11-12,15,22-23H,2-6,8H2,1H3,(H2-,17,19,20,24)/q+1/p+1/t9-,11-,12-,15-/m1/s1. The minimum atomic E-state index is -2.70. The van der Waals surface area contributed by atoms with Gasteiger partial charge in [0.25, 0.3) is 12.4 Å². The van der Waals surface area contributed by atoms with E-state index in [2.05, 4.69) is 15.0 Å². The SMILES string of the molecule is CCCCCO[P+](=O)OCO[P+](=O)OC[C@H]1O[C@@H](n2cnc3c(=O)[nH]c(N)nc32)[C@H](O)[C@@H]1O. The Bertz CT molecular complexity index is 1030. The summed E-state index contributed by atoms with van der Waals surface area (Å²) in [6.07, 6.45) is -1.24. The zero-order valence-corrected chi connectivity index (χ0v) is 19.4. The van der Waals surface area contributed by atoms with Gasteiger partial charge in [0.1, 0.15) is 31.5 Å². The molecule has 17 heteroatoms. The maximum Gasteiger partial charge on any atom is 0.700 e. The molecule has 6 atom stereocenters. The van der Waals surface area contributed by atoms with Crippen LogP contribution in [0.3, 0.4) is 0 Å². The fourth-order valence-corrected chi connectivity index (χ4v) is 4.09. The van der Waals surface area contributed by atoms with Crippen molar-refractivity contribution in [1.29, 1.82) is 0 Å². The highest BCUT2D eigenvalue weighted by Crippen LogP contribution is 2.34. The molecule has 0 spiro atoms. The van der Waals surface area contributed by atoms with Crippen molar-refractivity contribution in [2.45, 2.75) is 50.7 Å². The van der Waals surface area contributed by atoms with Crippen LogP contribution in [-0.2, 0) is 32.0 Å². The molecule has 2 aromatic rings. The van der Waals surface area contributed by atoms with Crippen molar-refractivity contribution in [3.05, 3.63) is 16.7 Å². The van der Waals surface area contributed by atoms with Gasteiger partial charge in [-0.2, -0.15) is 4.98 Å². The number of nitrogens with one attached hydrogen (secondary N) is 1. The number of nitrogens with zero attached hydrogens (tertiary/aromatic N) is 3. The Morgan fingerprint density at radius 2 is 1.91 bits per heavy atom. The predicted octanol–water partition coefficient (Wildman–Crippen LogP) is 0.850. The summed E-state index contributed by atoms with van der Waals surface area (Å²) >= 11 is 0. The van der Waals surface area contributed by atoms with Crippen LogP contribution in [0.4, 0.5) is 5.95 Å². The summed E-state index contributed by atoms with van der Waals surface area (Å²) in [5.74, 6) is -0.161. The number of imidazole rings is 1. The van der Waals surface area contributed by atoms with E-state index in [1.54, 1.807) is 0 Å². The number of nitrogens with two attached hydrogens (primary N) is 1. The number of aromatic amines is 1. The number of nitrogen functional groups attached to an aromatic ring is 1. The number of anilines is 1. The van der Waals surface area contributed by atoms with Crippen LogP contribution >= 0.6 is 16.5 Å². The number of unbranched alkanes of at least 4 members (excludes halogenated alkanes) is 2. The van der Waals surface area contributed by atoms with Gasteiger partial charge in [0.15, 0.2) is 17.4 Å². The van der Waals surface area contributed by atoms with Crippen LogP contribution in [0.2, 0.25) is 0 Å². The van der Waals surface area contributed by atoms with E-state index in [1.165, 1.54) is 10.9 Å². The number of aliphatic hydroxyl groups excluding tert-OH is 2. The van der Waals surface area contributed by atoms with Gasteiger partial charge in [-0.05, 0) is 6.42 Å². The first kappa shape index (κ1) is 25.7. The second-order valence-electron chi connectivity index (χ2n) is 6.98. The molecule has 182 valence electrons. The van der Waals surface area contributed by atoms with Crippen LogP contribution in [0.15, 0.2) is 11.1 Å². The van der Waals surface area contributed by atoms with E-state index < -0.39 is 60.0 Å². The Hall–Kier alpha value is -1.93. The summed E-state index contributed by atoms with van der Waals surface area (Å²) in [4.78, 5) is 22.1. The largest absolute Gasteiger partial charge is 0.700 e. The average Bonchev–Trinajstić information content (AvgIpc) is 3.31. The molecule has 1 aliphatic heterocycles. The third kappa shape index (κ3) is 6.57. The van der Waals surface area contributed by atoms with Crippen LogP contribution in [0.25, 0.3) is 11.2 Å². The molecule has 0 amide bonds. The number of hydrogen-bond donors (Lipinski definition) is 4. The van der Waals surface area contributed by atoms with E-state index in [0.29, 0.717) is 0 Å². The van der Waals surface area contributed by atoms with Gasteiger partial charge < -0.3 is 20.7 Å². The van der Waals surface area contributed by atoms with Gasteiger partial charge in [0, 0.05) is 9.13 Å². The number of fused-ring (bicyclic) bond motifs is 1. The summed E-state index contributed by atoms with van der Waals surface area (Å²) < 4.78 is 49.6. The van der Waals surface area contributed by atoms with Crippen LogP contribution in [0, 0.1) is 0 Å². The molecule has 15 nitrogen and oxygen atoms in total. The topological polar surface area (TPSA) is 210 Å². The van der Waals surface area contributed by atoms with Crippen molar-refractivity contribution in [1.82, 2.24) is 19.5 Å². The van der Waals surface area contributed by atoms with Crippen molar-refractivity contribution in [3.8, 4) is 0 Å². The Kier molecular flexibility index (Phi) is 9.32. The summed E-state index contributed by atoms with van der Waals surface area (Å²) in [6, 6.07) is 0. The van der Waals surface area contributed by atoms with E-state index in [4.69, 9.17) is 28.6 Å². The average molecular weight is 509 g/mol. The highest BCUT2D eigenvalue weighted by Gasteiger charge is 2.46. The Morgan fingerprint density at radius 1 is 1.18 bits per heavy atom. The molecule has 0 saturated carbocycles. The zero-order valence-electron chi connectivity index (χ0n) is 17.6. The van der Waals surface area contributed by atoms with E-state index in [0.717, 1.165) is 19.3 Å². The maximum absolute atomic E-state index is 11.9. The number of rotatable bonds is 13. The van der Waals surface area contributed by atoms with E-state index in [-0.39, 0.29) is 23.7 Å². The zero-order chi connectivity index (χ0) is 24.0. The number of ether oxygens (including phenoxy) is 1. The summed E-state index contributed by atoms with van der Waals surface area (Å²) in [5, 5.41) is 20.6. The van der Waals surface area contributed by atoms with Crippen molar-refractivity contribution < 1.29 is 42.2 Å². The number of H-pyrrole nitrogens is 1. The van der Waals surface area contributed by atoms with Gasteiger partial charge in [-0.3, -0.25) is 14.3 Å². The lowest BCUT2D eigenvalue weighted by Crippen LogP contribution is -2.33. The van der Waals surface area contributed by atoms with Gasteiger partial charge in [0.05, 0.1) is 6.33 Å². The minimum absolute atomic E-state index is 0.0293. The lowest BCUT2D eigenvalue weighted by molar-refractivity contribution is -0.0489. The summed E-state index contributed by atoms with van der Waals surface area (Å²) in [5.41, 5.74) is 5.00. The molecule has 1 saturated heterocycles. The highest BCUT2D eigenvalue weighted by molar-refractivity contribution is 7.34. The molecule has 0 aliphatic carbocycles. The molecule has 0 aromatic carbocycles. The lowest BCUT2D eigenvalue weighted by atomic mass is 10.1. The quantitative estimate of drug-likeness (QED) is 0.168. The second-order valence-corrected chi connectivity index (χ2v) is 8.91. The molecule has 2 aromatic heterocycles. The smallest absolute Gasteiger partial charge is 0.387 e. The second kappa shape index (κ2) is 12.0. The molecule has 33 heavy (non-hydrogen) atoms. The van der Waals surface area contributed by atoms with Gasteiger partial charge in [-0.1, -0.05) is 28.8 Å². The van der Waals surface area contributed by atoms with E-state index >= 15 is 0 Å². The highest BCUT2D eigenvalue weighted by atomic mass is 31.1. The first-order valence-electron chi connectivity index (χ1n) is 10.0. The molecule has 3 heterocycles. The van der Waals surface area contributed by atoms with Crippen LogP contribution in [0.5, 0.6) is 0 Å². The van der Waals surface area contributed by atoms with Crippen molar-refractivity contribution >= 4 is 33.6 Å². The number of hydrogen-bond acceptors (Lipinski definition) is 13. The number of aromatic nitrogens is 4. The summed E-state index contributed by atoms with van der Waals surface area (Å²) in [6.45, 7) is 1.29. The molecular weight excluding hydrogens is 484 g/mol. The van der Waals surface area contributed by atoms with Crippen LogP contribution in [-0.4, -0.2) is 68.1 Å². The van der Waals surface area contributed by atoms with Gasteiger partial charge in [0.2, 0.25) is 5.95 Å². The molecule has 2 unspecified atom stereocenters.